The molecule has 4 nitrogen and oxygen atoms in total. The molecule has 13 heavy (non-hydrogen) atoms. The summed E-state index contributed by atoms with van der Waals surface area (Å²) in [7, 11) is -0.218. The van der Waals surface area contributed by atoms with E-state index in [0.717, 1.165) is 5.75 Å². The Hall–Kier alpha value is -0.970. The van der Waals surface area contributed by atoms with Gasteiger partial charge in [-0.3, -0.25) is 9.69 Å². The SMILES string of the molecule is C[SH]1CC=C(C(=O)O)N2C(=O)CC21. The lowest BCUT2D eigenvalue weighted by Gasteiger charge is -2.47. The van der Waals surface area contributed by atoms with E-state index >= 15 is 0 Å². The van der Waals surface area contributed by atoms with E-state index in [1.807, 2.05) is 0 Å². The first-order valence-electron chi connectivity index (χ1n) is 4.07. The van der Waals surface area contributed by atoms with Gasteiger partial charge in [-0.25, -0.2) is 15.7 Å². The predicted octanol–water partition coefficient (Wildman–Crippen LogP) is 0.158. The molecule has 1 amide bonds. The van der Waals surface area contributed by atoms with E-state index in [1.54, 1.807) is 6.08 Å². The normalized spacial score (nSPS) is 34.7. The summed E-state index contributed by atoms with van der Waals surface area (Å²) in [6.07, 6.45) is 4.31. The highest BCUT2D eigenvalue weighted by Crippen LogP contribution is 2.44. The van der Waals surface area contributed by atoms with Crippen molar-refractivity contribution in [3.8, 4) is 0 Å². The second kappa shape index (κ2) is 2.77. The first-order valence-corrected chi connectivity index (χ1v) is 6.11. The molecule has 0 bridgehead atoms. The molecule has 1 fully saturated rings. The molecular weight excluding hydrogens is 190 g/mol. The van der Waals surface area contributed by atoms with Crippen molar-refractivity contribution in [1.82, 2.24) is 4.90 Å². The van der Waals surface area contributed by atoms with E-state index < -0.39 is 5.97 Å². The van der Waals surface area contributed by atoms with Crippen LogP contribution >= 0.6 is 10.9 Å². The van der Waals surface area contributed by atoms with E-state index in [9.17, 15) is 9.59 Å². The number of thiol groups is 1. The van der Waals surface area contributed by atoms with Gasteiger partial charge in [0.05, 0.1) is 11.8 Å². The van der Waals surface area contributed by atoms with Gasteiger partial charge >= 0.3 is 5.97 Å². The van der Waals surface area contributed by atoms with Crippen LogP contribution in [0.15, 0.2) is 11.8 Å². The summed E-state index contributed by atoms with van der Waals surface area (Å²) in [4.78, 5) is 23.3. The molecular formula is C8H11NO3S. The van der Waals surface area contributed by atoms with Gasteiger partial charge in [-0.15, -0.1) is 0 Å². The lowest BCUT2D eigenvalue weighted by molar-refractivity contribution is -0.146. The molecule has 5 heteroatoms. The Morgan fingerprint density at radius 1 is 1.77 bits per heavy atom. The van der Waals surface area contributed by atoms with Gasteiger partial charge in [0.15, 0.2) is 0 Å². The fourth-order valence-electron chi connectivity index (χ4n) is 1.69. The number of carbonyl (C=O) groups is 2. The smallest absolute Gasteiger partial charge is 0.352 e. The molecule has 0 saturated carbocycles. The largest absolute Gasteiger partial charge is 0.477 e. The van der Waals surface area contributed by atoms with Crippen LogP contribution in [-0.2, 0) is 9.59 Å². The van der Waals surface area contributed by atoms with Crippen molar-refractivity contribution in [2.75, 3.05) is 12.0 Å². The van der Waals surface area contributed by atoms with Gasteiger partial charge in [-0.05, 0) is 18.1 Å². The summed E-state index contributed by atoms with van der Waals surface area (Å²) >= 11 is 0. The zero-order valence-corrected chi connectivity index (χ0v) is 8.12. The summed E-state index contributed by atoms with van der Waals surface area (Å²) in [5, 5.41) is 9.00. The van der Waals surface area contributed by atoms with Crippen molar-refractivity contribution in [3.05, 3.63) is 11.8 Å². The van der Waals surface area contributed by atoms with Crippen LogP contribution in [0.1, 0.15) is 6.42 Å². The predicted molar refractivity (Wildman–Crippen MR) is 50.7 cm³/mol. The number of hydrogen-bond donors (Lipinski definition) is 2. The quantitative estimate of drug-likeness (QED) is 0.469. The Morgan fingerprint density at radius 3 is 3.00 bits per heavy atom. The number of fused-ring (bicyclic) bond motifs is 1. The van der Waals surface area contributed by atoms with Gasteiger partial charge < -0.3 is 5.11 Å². The fourth-order valence-corrected chi connectivity index (χ4v) is 3.51. The minimum atomic E-state index is -0.985. The maximum atomic E-state index is 11.2. The first-order chi connectivity index (χ1) is 6.11. The van der Waals surface area contributed by atoms with Gasteiger partial charge in [0, 0.05) is 0 Å². The number of carbonyl (C=O) groups excluding carboxylic acids is 1. The van der Waals surface area contributed by atoms with Crippen LogP contribution < -0.4 is 0 Å². The van der Waals surface area contributed by atoms with Gasteiger partial charge in [0.1, 0.15) is 5.70 Å². The Morgan fingerprint density at radius 2 is 2.46 bits per heavy atom. The number of rotatable bonds is 1. The number of carboxylic acids is 1. The second-order valence-electron chi connectivity index (χ2n) is 3.28. The third kappa shape index (κ3) is 1.14. The monoisotopic (exact) mass is 201 g/mol. The zero-order chi connectivity index (χ0) is 9.59. The molecule has 2 rings (SSSR count). The minimum Gasteiger partial charge on any atom is -0.477 e. The molecule has 2 heterocycles. The molecule has 0 radical (unpaired) electrons. The number of nitrogens with zero attached hydrogens (tertiary/aromatic N) is 1. The Kier molecular flexibility index (Phi) is 1.83. The van der Waals surface area contributed by atoms with Crippen LogP contribution in [0.2, 0.25) is 0 Å². The number of amides is 1. The van der Waals surface area contributed by atoms with Crippen LogP contribution in [-0.4, -0.2) is 39.3 Å². The fraction of sp³-hybridized carbons (Fsp3) is 0.500. The molecule has 0 aromatic heterocycles. The van der Waals surface area contributed by atoms with Crippen LogP contribution in [0, 0.1) is 0 Å². The average molecular weight is 201 g/mol. The van der Waals surface area contributed by atoms with Crippen molar-refractivity contribution in [2.45, 2.75) is 11.8 Å². The lowest BCUT2D eigenvalue weighted by Crippen LogP contribution is -2.54. The van der Waals surface area contributed by atoms with Crippen molar-refractivity contribution >= 4 is 22.8 Å². The Labute approximate surface area is 78.6 Å². The van der Waals surface area contributed by atoms with Crippen molar-refractivity contribution in [3.63, 3.8) is 0 Å². The highest BCUT2D eigenvalue weighted by molar-refractivity contribution is 8.17. The van der Waals surface area contributed by atoms with Gasteiger partial charge in [0.2, 0.25) is 5.91 Å². The number of hydrogen-bond acceptors (Lipinski definition) is 2. The molecule has 2 atom stereocenters. The Bertz CT molecular complexity index is 313. The highest BCUT2D eigenvalue weighted by Gasteiger charge is 2.44. The van der Waals surface area contributed by atoms with Crippen molar-refractivity contribution in [2.24, 2.45) is 0 Å². The van der Waals surface area contributed by atoms with Gasteiger partial charge in [-0.2, -0.15) is 0 Å². The van der Waals surface area contributed by atoms with Crippen LogP contribution in [0.25, 0.3) is 0 Å². The van der Waals surface area contributed by atoms with E-state index in [-0.39, 0.29) is 27.9 Å². The van der Waals surface area contributed by atoms with Crippen molar-refractivity contribution < 1.29 is 14.7 Å². The molecule has 2 aliphatic rings. The summed E-state index contributed by atoms with van der Waals surface area (Å²) < 4.78 is 0. The lowest BCUT2D eigenvalue weighted by atomic mass is 10.1. The highest BCUT2D eigenvalue weighted by atomic mass is 32.2. The third-order valence-electron chi connectivity index (χ3n) is 2.48. The standard InChI is InChI=1S/C8H11NO3S/c1-13-3-2-5(8(11)12)9-6(10)4-7(9)13/h2,7,13H,3-4H2,1H3,(H,11,12). The maximum Gasteiger partial charge on any atom is 0.352 e. The van der Waals surface area contributed by atoms with Crippen LogP contribution in [0.3, 0.4) is 0 Å². The van der Waals surface area contributed by atoms with Gasteiger partial charge in [0.25, 0.3) is 0 Å². The maximum absolute atomic E-state index is 11.2. The summed E-state index contributed by atoms with van der Waals surface area (Å²) in [5.41, 5.74) is 0.182. The molecule has 2 unspecified atom stereocenters. The molecule has 2 aliphatic heterocycles. The Balaban J connectivity index is 2.29. The van der Waals surface area contributed by atoms with Crippen molar-refractivity contribution in [1.29, 1.82) is 0 Å². The number of aliphatic carboxylic acids is 1. The molecule has 1 saturated heterocycles. The molecule has 1 N–H and O–H groups in total. The first kappa shape index (κ1) is 8.62. The van der Waals surface area contributed by atoms with E-state index in [0.29, 0.717) is 6.42 Å². The topological polar surface area (TPSA) is 57.6 Å². The number of carboxylic acid groups (broad SMARTS) is 1. The van der Waals surface area contributed by atoms with Crippen LogP contribution in [0.4, 0.5) is 0 Å². The number of β-lactam (4-membered cyclic amide) rings is 1. The van der Waals surface area contributed by atoms with Gasteiger partial charge in [-0.1, -0.05) is 0 Å². The minimum absolute atomic E-state index is 0.0484. The second-order valence-corrected chi connectivity index (χ2v) is 5.76. The summed E-state index contributed by atoms with van der Waals surface area (Å²) in [5.74, 6) is -0.209. The summed E-state index contributed by atoms with van der Waals surface area (Å²) in [6.45, 7) is 0. The van der Waals surface area contributed by atoms with Crippen LogP contribution in [0.5, 0.6) is 0 Å². The van der Waals surface area contributed by atoms with E-state index in [1.165, 1.54) is 4.90 Å². The molecule has 0 aromatic rings. The third-order valence-corrected chi connectivity index (χ3v) is 4.67. The molecule has 0 spiro atoms. The molecule has 72 valence electrons. The molecule has 0 aromatic carbocycles. The zero-order valence-electron chi connectivity index (χ0n) is 7.23. The summed E-state index contributed by atoms with van der Waals surface area (Å²) in [6, 6.07) is 0. The van der Waals surface area contributed by atoms with E-state index in [2.05, 4.69) is 6.26 Å². The average Bonchev–Trinajstić information content (AvgIpc) is 2.05. The molecule has 0 aliphatic carbocycles. The van der Waals surface area contributed by atoms with E-state index in [4.69, 9.17) is 5.11 Å².